The van der Waals surface area contributed by atoms with E-state index in [1.807, 2.05) is 0 Å². The summed E-state index contributed by atoms with van der Waals surface area (Å²) >= 11 is 0. The molecule has 2 aliphatic carbocycles. The van der Waals surface area contributed by atoms with Crippen molar-refractivity contribution in [2.75, 3.05) is 11.9 Å². The van der Waals surface area contributed by atoms with Crippen LogP contribution in [0.25, 0.3) is 0 Å². The van der Waals surface area contributed by atoms with Crippen molar-refractivity contribution in [2.45, 2.75) is 39.0 Å². The first-order valence-corrected chi connectivity index (χ1v) is 8.63. The van der Waals surface area contributed by atoms with Gasteiger partial charge in [0, 0.05) is 12.5 Å². The molecule has 0 heterocycles. The molecule has 1 aromatic carbocycles. The number of nitrogens with one attached hydrogen (secondary N) is 1. The topological polar surface area (TPSA) is 98.5 Å². The van der Waals surface area contributed by atoms with E-state index < -0.39 is 17.4 Å². The van der Waals surface area contributed by atoms with Gasteiger partial charge in [-0.25, -0.2) is 0 Å². The Morgan fingerprint density at radius 3 is 2.76 bits per heavy atom. The van der Waals surface area contributed by atoms with E-state index in [1.54, 1.807) is 19.1 Å². The molecule has 0 spiro atoms. The first-order valence-electron chi connectivity index (χ1n) is 8.63. The van der Waals surface area contributed by atoms with Crippen LogP contribution in [0.15, 0.2) is 18.2 Å². The van der Waals surface area contributed by atoms with Crippen molar-refractivity contribution >= 4 is 23.3 Å². The zero-order valence-electron chi connectivity index (χ0n) is 14.2. The molecule has 2 aliphatic rings. The summed E-state index contributed by atoms with van der Waals surface area (Å²) in [6, 6.07) is 4.55. The number of fused-ring (bicyclic) bond motifs is 2. The minimum Gasteiger partial charge on any atom is -0.456 e. The lowest BCUT2D eigenvalue weighted by Crippen LogP contribution is -2.23. The summed E-state index contributed by atoms with van der Waals surface area (Å²) in [4.78, 5) is 34.5. The van der Waals surface area contributed by atoms with Gasteiger partial charge in [0.25, 0.3) is 11.6 Å². The normalized spacial score (nSPS) is 24.1. The molecule has 1 amide bonds. The minimum absolute atomic E-state index is 0.140. The van der Waals surface area contributed by atoms with Crippen LogP contribution in [0.2, 0.25) is 0 Å². The molecule has 25 heavy (non-hydrogen) atoms. The summed E-state index contributed by atoms with van der Waals surface area (Å²) in [6.07, 6.45) is 5.13. The largest absolute Gasteiger partial charge is 0.456 e. The SMILES string of the molecule is Cc1cccc([N+](=O)[O-])c1NC(=O)COC(=O)C[C@@H]1C[C@H]2CC[C@@H]1C2. The predicted molar refractivity (Wildman–Crippen MR) is 91.0 cm³/mol. The fourth-order valence-electron chi connectivity index (χ4n) is 4.19. The van der Waals surface area contributed by atoms with Crippen molar-refractivity contribution < 1.29 is 19.2 Å². The smallest absolute Gasteiger partial charge is 0.306 e. The highest BCUT2D eigenvalue weighted by molar-refractivity contribution is 5.95. The van der Waals surface area contributed by atoms with Crippen molar-refractivity contribution in [3.8, 4) is 0 Å². The van der Waals surface area contributed by atoms with E-state index in [4.69, 9.17) is 4.74 Å². The van der Waals surface area contributed by atoms with E-state index in [0.717, 1.165) is 12.3 Å². The number of esters is 1. The molecule has 1 N–H and O–H groups in total. The third-order valence-electron chi connectivity index (χ3n) is 5.39. The van der Waals surface area contributed by atoms with Crippen molar-refractivity contribution in [1.82, 2.24) is 0 Å². The second-order valence-electron chi connectivity index (χ2n) is 7.07. The number of benzene rings is 1. The number of carbonyl (C=O) groups excluding carboxylic acids is 2. The molecule has 3 atom stereocenters. The number of hydrogen-bond acceptors (Lipinski definition) is 5. The molecule has 2 fully saturated rings. The van der Waals surface area contributed by atoms with Gasteiger partial charge in [-0.1, -0.05) is 18.6 Å². The van der Waals surface area contributed by atoms with Crippen LogP contribution in [0, 0.1) is 34.8 Å². The molecular formula is C18H22N2O5. The molecule has 0 aromatic heterocycles. The average molecular weight is 346 g/mol. The van der Waals surface area contributed by atoms with Crippen molar-refractivity contribution in [3.63, 3.8) is 0 Å². The molecular weight excluding hydrogens is 324 g/mol. The lowest BCUT2D eigenvalue weighted by Gasteiger charge is -2.20. The molecule has 0 aliphatic heterocycles. The average Bonchev–Trinajstić information content (AvgIpc) is 3.17. The van der Waals surface area contributed by atoms with Crippen LogP contribution in [-0.4, -0.2) is 23.4 Å². The van der Waals surface area contributed by atoms with Gasteiger partial charge >= 0.3 is 5.97 Å². The van der Waals surface area contributed by atoms with E-state index in [-0.39, 0.29) is 17.3 Å². The lowest BCUT2D eigenvalue weighted by molar-refractivity contribution is -0.384. The number of hydrogen-bond donors (Lipinski definition) is 1. The summed E-state index contributed by atoms with van der Waals surface area (Å²) in [5.74, 6) is 0.825. The zero-order chi connectivity index (χ0) is 18.0. The van der Waals surface area contributed by atoms with Gasteiger partial charge in [0.15, 0.2) is 6.61 Å². The van der Waals surface area contributed by atoms with Crippen molar-refractivity contribution in [1.29, 1.82) is 0 Å². The molecule has 3 rings (SSSR count). The number of aryl methyl sites for hydroxylation is 1. The Morgan fingerprint density at radius 2 is 2.12 bits per heavy atom. The maximum atomic E-state index is 12.0. The highest BCUT2D eigenvalue weighted by Crippen LogP contribution is 2.49. The van der Waals surface area contributed by atoms with Crippen LogP contribution >= 0.6 is 0 Å². The van der Waals surface area contributed by atoms with Crippen LogP contribution in [0.5, 0.6) is 0 Å². The maximum Gasteiger partial charge on any atom is 0.306 e. The number of nitro groups is 1. The third kappa shape index (κ3) is 3.97. The van der Waals surface area contributed by atoms with Crippen LogP contribution in [0.4, 0.5) is 11.4 Å². The third-order valence-corrected chi connectivity index (χ3v) is 5.39. The Bertz CT molecular complexity index is 703. The van der Waals surface area contributed by atoms with Crippen LogP contribution in [0.3, 0.4) is 0 Å². The molecule has 7 nitrogen and oxygen atoms in total. The number of ether oxygens (including phenoxy) is 1. The van der Waals surface area contributed by atoms with Gasteiger partial charge < -0.3 is 10.1 Å². The molecule has 2 bridgehead atoms. The van der Waals surface area contributed by atoms with Gasteiger partial charge in [-0.3, -0.25) is 19.7 Å². The Balaban J connectivity index is 1.50. The van der Waals surface area contributed by atoms with E-state index in [2.05, 4.69) is 5.32 Å². The molecule has 2 saturated carbocycles. The number of nitro benzene ring substituents is 1. The molecule has 134 valence electrons. The Labute approximate surface area is 145 Å². The highest BCUT2D eigenvalue weighted by Gasteiger charge is 2.40. The summed E-state index contributed by atoms with van der Waals surface area (Å²) in [5, 5.41) is 13.5. The fraction of sp³-hybridized carbons (Fsp3) is 0.556. The monoisotopic (exact) mass is 346 g/mol. The Kier molecular flexibility index (Phi) is 5.01. The van der Waals surface area contributed by atoms with E-state index in [9.17, 15) is 19.7 Å². The first-order chi connectivity index (χ1) is 11.9. The van der Waals surface area contributed by atoms with Crippen molar-refractivity contribution in [3.05, 3.63) is 33.9 Å². The van der Waals surface area contributed by atoms with Gasteiger partial charge in [0.1, 0.15) is 5.69 Å². The Hall–Kier alpha value is -2.44. The lowest BCUT2D eigenvalue weighted by atomic mass is 9.86. The number of anilines is 1. The second-order valence-corrected chi connectivity index (χ2v) is 7.07. The summed E-state index contributed by atoms with van der Waals surface area (Å²) in [5.41, 5.74) is 0.541. The summed E-state index contributed by atoms with van der Waals surface area (Å²) in [7, 11) is 0. The fourth-order valence-corrected chi connectivity index (χ4v) is 4.19. The minimum atomic E-state index is -0.571. The van der Waals surface area contributed by atoms with Crippen molar-refractivity contribution in [2.24, 2.45) is 17.8 Å². The van der Waals surface area contributed by atoms with Gasteiger partial charge in [-0.05, 0) is 49.5 Å². The molecule has 0 unspecified atom stereocenters. The van der Waals surface area contributed by atoms with Crippen LogP contribution in [0.1, 0.15) is 37.7 Å². The summed E-state index contributed by atoms with van der Waals surface area (Å²) < 4.78 is 5.07. The van der Waals surface area contributed by atoms with Crippen LogP contribution in [-0.2, 0) is 14.3 Å². The summed E-state index contributed by atoms with van der Waals surface area (Å²) in [6.45, 7) is 1.24. The second kappa shape index (κ2) is 7.21. The number of carbonyl (C=O) groups is 2. The maximum absolute atomic E-state index is 12.0. The predicted octanol–water partition coefficient (Wildman–Crippen LogP) is 3.21. The van der Waals surface area contributed by atoms with Crippen LogP contribution < -0.4 is 5.32 Å². The molecule has 0 radical (unpaired) electrons. The standard InChI is InChI=1S/C18H22N2O5/c1-11-3-2-4-15(20(23)24)18(11)19-16(21)10-25-17(22)9-14-8-12-5-6-13(14)7-12/h2-4,12-14H,5-10H2,1H3,(H,19,21)/t12-,13+,14-/m0/s1. The quantitative estimate of drug-likeness (QED) is 0.484. The number of nitrogens with zero attached hydrogens (tertiary/aromatic N) is 1. The molecule has 7 heteroatoms. The first kappa shape index (κ1) is 17.4. The van der Waals surface area contributed by atoms with E-state index in [1.165, 1.54) is 25.3 Å². The molecule has 1 aromatic rings. The Morgan fingerprint density at radius 1 is 1.32 bits per heavy atom. The van der Waals surface area contributed by atoms with Gasteiger partial charge in [0.2, 0.25) is 0 Å². The van der Waals surface area contributed by atoms with E-state index in [0.29, 0.717) is 23.8 Å². The van der Waals surface area contributed by atoms with Gasteiger partial charge in [-0.15, -0.1) is 0 Å². The van der Waals surface area contributed by atoms with Gasteiger partial charge in [0.05, 0.1) is 4.92 Å². The number of para-hydroxylation sites is 1. The number of amides is 1. The van der Waals surface area contributed by atoms with E-state index >= 15 is 0 Å². The van der Waals surface area contributed by atoms with Gasteiger partial charge in [-0.2, -0.15) is 0 Å². The number of rotatable bonds is 6. The highest BCUT2D eigenvalue weighted by atomic mass is 16.6. The zero-order valence-corrected chi connectivity index (χ0v) is 14.2. The molecule has 0 saturated heterocycles.